The van der Waals surface area contributed by atoms with Crippen LogP contribution >= 0.6 is 15.9 Å². The van der Waals surface area contributed by atoms with E-state index < -0.39 is 10.0 Å². The van der Waals surface area contributed by atoms with Crippen LogP contribution in [0.25, 0.3) is 10.9 Å². The molecule has 0 aliphatic rings. The van der Waals surface area contributed by atoms with Crippen molar-refractivity contribution < 1.29 is 13.2 Å². The zero-order chi connectivity index (χ0) is 19.3. The third-order valence-electron chi connectivity index (χ3n) is 4.16. The lowest BCUT2D eigenvalue weighted by Gasteiger charge is -2.08. The minimum Gasteiger partial charge on any atom is -0.361 e. The molecule has 0 aliphatic heterocycles. The van der Waals surface area contributed by atoms with Crippen molar-refractivity contribution in [2.24, 2.45) is 0 Å². The average Bonchev–Trinajstić information content (AvgIpc) is 3.05. The number of para-hydroxylation sites is 1. The Morgan fingerprint density at radius 3 is 2.56 bits per heavy atom. The fraction of sp³-hybridized carbons (Fsp3) is 0.211. The minimum atomic E-state index is -3.61. The van der Waals surface area contributed by atoms with Gasteiger partial charge in [0.2, 0.25) is 15.9 Å². The van der Waals surface area contributed by atoms with Crippen molar-refractivity contribution in [2.45, 2.75) is 17.7 Å². The number of nitrogens with one attached hydrogen (secondary N) is 3. The van der Waals surface area contributed by atoms with Crippen molar-refractivity contribution in [3.63, 3.8) is 0 Å². The molecule has 142 valence electrons. The van der Waals surface area contributed by atoms with Crippen LogP contribution < -0.4 is 10.0 Å². The maximum atomic E-state index is 12.2. The molecular formula is C19H20BrN3O3S. The van der Waals surface area contributed by atoms with Crippen LogP contribution in [0.15, 0.2) is 64.1 Å². The molecule has 0 spiro atoms. The minimum absolute atomic E-state index is 0.0529. The second-order valence-electron chi connectivity index (χ2n) is 6.06. The zero-order valence-corrected chi connectivity index (χ0v) is 16.9. The summed E-state index contributed by atoms with van der Waals surface area (Å²) < 4.78 is 27.6. The van der Waals surface area contributed by atoms with Crippen molar-refractivity contribution in [1.82, 2.24) is 15.0 Å². The molecule has 3 rings (SSSR count). The molecule has 3 aromatic rings. The molecule has 0 bridgehead atoms. The Morgan fingerprint density at radius 2 is 1.78 bits per heavy atom. The maximum Gasteiger partial charge on any atom is 0.240 e. The first-order valence-electron chi connectivity index (χ1n) is 8.52. The molecule has 2 aromatic carbocycles. The van der Waals surface area contributed by atoms with E-state index in [2.05, 4.69) is 31.0 Å². The van der Waals surface area contributed by atoms with Crippen LogP contribution in [0.1, 0.15) is 12.0 Å². The third-order valence-corrected chi connectivity index (χ3v) is 6.17. The third kappa shape index (κ3) is 5.18. The monoisotopic (exact) mass is 449 g/mol. The van der Waals surface area contributed by atoms with Gasteiger partial charge < -0.3 is 10.3 Å². The van der Waals surface area contributed by atoms with Gasteiger partial charge >= 0.3 is 0 Å². The molecular weight excluding hydrogens is 430 g/mol. The fourth-order valence-electron chi connectivity index (χ4n) is 2.76. The summed E-state index contributed by atoms with van der Waals surface area (Å²) in [4.78, 5) is 15.3. The summed E-state index contributed by atoms with van der Waals surface area (Å²) in [6, 6.07) is 14.3. The quantitative estimate of drug-likeness (QED) is 0.493. The predicted molar refractivity (Wildman–Crippen MR) is 109 cm³/mol. The van der Waals surface area contributed by atoms with E-state index in [4.69, 9.17) is 0 Å². The lowest BCUT2D eigenvalue weighted by molar-refractivity contribution is -0.120. The van der Waals surface area contributed by atoms with Crippen molar-refractivity contribution in [1.29, 1.82) is 0 Å². The van der Waals surface area contributed by atoms with Crippen LogP contribution in [0.3, 0.4) is 0 Å². The smallest absolute Gasteiger partial charge is 0.240 e. The Kier molecular flexibility index (Phi) is 6.30. The molecule has 0 fully saturated rings. The highest BCUT2D eigenvalue weighted by Gasteiger charge is 2.14. The maximum absolute atomic E-state index is 12.2. The molecule has 1 heterocycles. The zero-order valence-electron chi connectivity index (χ0n) is 14.5. The van der Waals surface area contributed by atoms with Crippen molar-refractivity contribution >= 4 is 42.8 Å². The normalized spacial score (nSPS) is 11.6. The molecule has 0 saturated heterocycles. The van der Waals surface area contributed by atoms with E-state index in [1.54, 1.807) is 12.1 Å². The van der Waals surface area contributed by atoms with Gasteiger partial charge in [0.15, 0.2) is 0 Å². The summed E-state index contributed by atoms with van der Waals surface area (Å²) in [5, 5.41) is 3.97. The van der Waals surface area contributed by atoms with Gasteiger partial charge in [-0.25, -0.2) is 13.1 Å². The second kappa shape index (κ2) is 8.69. The van der Waals surface area contributed by atoms with Crippen LogP contribution in [0.2, 0.25) is 0 Å². The van der Waals surface area contributed by atoms with E-state index in [9.17, 15) is 13.2 Å². The molecule has 1 aromatic heterocycles. The molecule has 0 atom stereocenters. The summed E-state index contributed by atoms with van der Waals surface area (Å²) in [5.74, 6) is -0.187. The lowest BCUT2D eigenvalue weighted by atomic mass is 10.1. The molecule has 0 saturated carbocycles. The Bertz CT molecular complexity index is 1030. The molecule has 0 radical (unpaired) electrons. The standard InChI is InChI=1S/C19H20BrN3O3S/c20-15-5-7-16(8-6-15)27(25,26)23-12-10-19(24)21-11-9-14-13-22-18-4-2-1-3-17(14)18/h1-8,13,22-23H,9-12H2,(H,21,24). The lowest BCUT2D eigenvalue weighted by Crippen LogP contribution is -2.31. The summed E-state index contributed by atoms with van der Waals surface area (Å²) >= 11 is 3.27. The van der Waals surface area contributed by atoms with Gasteiger partial charge in [-0.1, -0.05) is 34.1 Å². The molecule has 6 nitrogen and oxygen atoms in total. The Labute approximate surface area is 166 Å². The second-order valence-corrected chi connectivity index (χ2v) is 8.74. The van der Waals surface area contributed by atoms with Gasteiger partial charge in [-0.15, -0.1) is 0 Å². The van der Waals surface area contributed by atoms with Gasteiger partial charge in [0.25, 0.3) is 0 Å². The van der Waals surface area contributed by atoms with Crippen LogP contribution in [0.4, 0.5) is 0 Å². The number of amides is 1. The van der Waals surface area contributed by atoms with Crippen LogP contribution in [0.5, 0.6) is 0 Å². The van der Waals surface area contributed by atoms with Gasteiger partial charge in [0, 0.05) is 41.1 Å². The molecule has 1 amide bonds. The average molecular weight is 450 g/mol. The number of aromatic amines is 1. The van der Waals surface area contributed by atoms with Gasteiger partial charge in [0.1, 0.15) is 0 Å². The number of carbonyl (C=O) groups excluding carboxylic acids is 1. The number of carbonyl (C=O) groups is 1. The number of hydrogen-bond acceptors (Lipinski definition) is 3. The predicted octanol–water partition coefficient (Wildman–Crippen LogP) is 2.96. The number of halogens is 1. The number of sulfonamides is 1. The van der Waals surface area contributed by atoms with Gasteiger partial charge in [-0.2, -0.15) is 0 Å². The van der Waals surface area contributed by atoms with Crippen LogP contribution in [-0.2, 0) is 21.2 Å². The highest BCUT2D eigenvalue weighted by atomic mass is 79.9. The molecule has 0 unspecified atom stereocenters. The van der Waals surface area contributed by atoms with Crippen molar-refractivity contribution in [3.8, 4) is 0 Å². The topological polar surface area (TPSA) is 91.1 Å². The highest BCUT2D eigenvalue weighted by molar-refractivity contribution is 9.10. The number of rotatable bonds is 8. The summed E-state index contributed by atoms with van der Waals surface area (Å²) in [5.41, 5.74) is 2.21. The van der Waals surface area contributed by atoms with Crippen LogP contribution in [-0.4, -0.2) is 32.4 Å². The Morgan fingerprint density at radius 1 is 1.04 bits per heavy atom. The highest BCUT2D eigenvalue weighted by Crippen LogP contribution is 2.17. The van der Waals surface area contributed by atoms with E-state index in [0.29, 0.717) is 13.0 Å². The Balaban J connectivity index is 1.42. The number of hydrogen-bond donors (Lipinski definition) is 3. The Hall–Kier alpha value is -2.16. The van der Waals surface area contributed by atoms with E-state index in [0.717, 1.165) is 20.9 Å². The van der Waals surface area contributed by atoms with E-state index in [1.807, 2.05) is 30.5 Å². The molecule has 3 N–H and O–H groups in total. The number of fused-ring (bicyclic) bond motifs is 1. The molecule has 27 heavy (non-hydrogen) atoms. The molecule has 8 heteroatoms. The number of benzene rings is 2. The summed E-state index contributed by atoms with van der Waals surface area (Å²) in [6.07, 6.45) is 2.74. The number of H-pyrrole nitrogens is 1. The van der Waals surface area contributed by atoms with Crippen molar-refractivity contribution in [2.75, 3.05) is 13.1 Å². The fourth-order valence-corrected chi connectivity index (χ4v) is 4.06. The van der Waals surface area contributed by atoms with Gasteiger partial charge in [-0.05, 0) is 42.3 Å². The largest absolute Gasteiger partial charge is 0.361 e. The first-order valence-corrected chi connectivity index (χ1v) is 10.8. The number of aromatic nitrogens is 1. The first-order chi connectivity index (χ1) is 13.0. The summed E-state index contributed by atoms with van der Waals surface area (Å²) in [6.45, 7) is 0.553. The first kappa shape index (κ1) is 19.6. The van der Waals surface area contributed by atoms with E-state index >= 15 is 0 Å². The van der Waals surface area contributed by atoms with Gasteiger partial charge in [0.05, 0.1) is 4.90 Å². The van der Waals surface area contributed by atoms with Gasteiger partial charge in [-0.3, -0.25) is 4.79 Å². The molecule has 0 aliphatic carbocycles. The van der Waals surface area contributed by atoms with E-state index in [1.165, 1.54) is 12.1 Å². The van der Waals surface area contributed by atoms with E-state index in [-0.39, 0.29) is 23.8 Å². The SMILES string of the molecule is O=C(CCNS(=O)(=O)c1ccc(Br)cc1)NCCc1c[nH]c2ccccc12. The summed E-state index contributed by atoms with van der Waals surface area (Å²) in [7, 11) is -3.61. The van der Waals surface area contributed by atoms with Crippen LogP contribution in [0, 0.1) is 0 Å². The van der Waals surface area contributed by atoms with Crippen molar-refractivity contribution in [3.05, 3.63) is 64.8 Å².